The molecular formula is C26H35N5O6S2Si-. The van der Waals surface area contributed by atoms with E-state index >= 15 is 0 Å². The maximum atomic E-state index is 14.3. The number of hydrogen-bond donors (Lipinski definition) is 1. The molecule has 1 N–H and O–H groups in total. The van der Waals surface area contributed by atoms with Crippen LogP contribution in [0.1, 0.15) is 24.5 Å². The van der Waals surface area contributed by atoms with E-state index in [1.165, 1.54) is 36.8 Å². The predicted octanol–water partition coefficient (Wildman–Crippen LogP) is 4.91. The summed E-state index contributed by atoms with van der Waals surface area (Å²) in [6, 6.07) is 9.43. The lowest BCUT2D eigenvalue weighted by molar-refractivity contribution is 0.171. The molecule has 40 heavy (non-hydrogen) atoms. The third-order valence-electron chi connectivity index (χ3n) is 6.50. The number of sulfonamides is 1. The summed E-state index contributed by atoms with van der Waals surface area (Å²) in [6.45, 7) is 9.91. The number of thiazole rings is 1. The van der Waals surface area contributed by atoms with E-state index in [-0.39, 0.29) is 18.3 Å². The first-order valence-electron chi connectivity index (χ1n) is 12.7. The molecule has 0 bridgehead atoms. The largest absolute Gasteiger partial charge is 0.494 e. The maximum Gasteiger partial charge on any atom is 0.246 e. The van der Waals surface area contributed by atoms with Crippen LogP contribution in [-0.2, 0) is 10.0 Å². The van der Waals surface area contributed by atoms with Crippen molar-refractivity contribution in [2.75, 3.05) is 25.1 Å². The van der Waals surface area contributed by atoms with Gasteiger partial charge in [0.25, 0.3) is 0 Å². The van der Waals surface area contributed by atoms with Gasteiger partial charge in [-0.05, 0) is 38.1 Å². The molecule has 0 spiro atoms. The molecule has 3 aromatic heterocycles. The van der Waals surface area contributed by atoms with Crippen molar-refractivity contribution in [2.45, 2.75) is 50.9 Å². The van der Waals surface area contributed by atoms with Crippen molar-refractivity contribution in [3.63, 3.8) is 0 Å². The predicted molar refractivity (Wildman–Crippen MR) is 158 cm³/mol. The average Bonchev–Trinajstić information content (AvgIpc) is 3.68. The summed E-state index contributed by atoms with van der Waals surface area (Å²) in [5.74, 6) is 2.18. The molecule has 11 nitrogen and oxygen atoms in total. The molecule has 14 heteroatoms. The minimum Gasteiger partial charge on any atom is -0.494 e. The molecule has 1 aromatic carbocycles. The average molecular weight is 606 g/mol. The highest BCUT2D eigenvalue weighted by Gasteiger charge is 2.39. The quantitative estimate of drug-likeness (QED) is 0.224. The summed E-state index contributed by atoms with van der Waals surface area (Å²) in [7, 11) is -2.90. The van der Waals surface area contributed by atoms with Gasteiger partial charge in [0.2, 0.25) is 21.8 Å². The zero-order valence-electron chi connectivity index (χ0n) is 23.7. The number of ether oxygens (including phenoxy) is 2. The molecule has 0 aliphatic rings. The van der Waals surface area contributed by atoms with E-state index in [0.29, 0.717) is 40.4 Å². The lowest BCUT2D eigenvalue weighted by Gasteiger charge is -2.34. The Kier molecular flexibility index (Phi) is 8.73. The monoisotopic (exact) mass is 605 g/mol. The van der Waals surface area contributed by atoms with Crippen LogP contribution in [0.15, 0.2) is 45.6 Å². The summed E-state index contributed by atoms with van der Waals surface area (Å²) in [5.41, 5.74) is 2.27. The van der Waals surface area contributed by atoms with Gasteiger partial charge in [0, 0.05) is 11.9 Å². The molecule has 217 valence electrons. The van der Waals surface area contributed by atoms with Crippen LogP contribution in [0.4, 0.5) is 5.95 Å². The van der Waals surface area contributed by atoms with Gasteiger partial charge in [0.1, 0.15) is 34.3 Å². The number of methoxy groups -OCH3 is 2. The zero-order valence-corrected chi connectivity index (χ0v) is 26.3. The number of nitrogens with zero attached hydrogens (tertiary/aromatic N) is 5. The normalized spacial score (nSPS) is 13.7. The van der Waals surface area contributed by atoms with Gasteiger partial charge in [-0.1, -0.05) is 6.07 Å². The van der Waals surface area contributed by atoms with Crippen LogP contribution in [-0.4, -0.2) is 67.4 Å². The number of aromatic nitrogens is 4. The van der Waals surface area contributed by atoms with Crippen molar-refractivity contribution in [1.82, 2.24) is 19.7 Å². The highest BCUT2D eigenvalue weighted by molar-refractivity contribution is 7.93. The number of para-hydroxylation sites is 1. The number of furan rings is 1. The van der Waals surface area contributed by atoms with E-state index in [1.54, 1.807) is 52.7 Å². The van der Waals surface area contributed by atoms with Crippen LogP contribution in [0.3, 0.4) is 0 Å². The molecule has 2 atom stereocenters. The molecule has 0 amide bonds. The van der Waals surface area contributed by atoms with Crippen LogP contribution < -0.4 is 13.8 Å². The number of anilines is 1. The second-order valence-electron chi connectivity index (χ2n) is 10.6. The second-order valence-corrected chi connectivity index (χ2v) is 19.1. The third-order valence-corrected chi connectivity index (χ3v) is 11.0. The van der Waals surface area contributed by atoms with Crippen molar-refractivity contribution >= 4 is 35.4 Å². The van der Waals surface area contributed by atoms with Crippen LogP contribution >= 0.6 is 11.3 Å². The number of aliphatic hydroxyl groups excluding tert-OH is 1. The van der Waals surface area contributed by atoms with Crippen LogP contribution in [0.2, 0.25) is 25.7 Å². The van der Waals surface area contributed by atoms with Crippen LogP contribution in [0.5, 0.6) is 11.5 Å². The Labute approximate surface area is 239 Å². The highest BCUT2D eigenvalue weighted by atomic mass is 32.2. The summed E-state index contributed by atoms with van der Waals surface area (Å²) in [6.07, 6.45) is -1.34. The Bertz CT molecular complexity index is 1520. The van der Waals surface area contributed by atoms with E-state index in [4.69, 9.17) is 13.9 Å². The lowest BCUT2D eigenvalue weighted by atomic mass is 10.2. The molecule has 4 aromatic rings. The van der Waals surface area contributed by atoms with E-state index in [1.807, 2.05) is 0 Å². The van der Waals surface area contributed by atoms with Gasteiger partial charge in [-0.25, -0.2) is 17.7 Å². The Morgan fingerprint density at radius 2 is 1.80 bits per heavy atom. The van der Waals surface area contributed by atoms with Crippen molar-refractivity contribution in [3.05, 3.63) is 52.7 Å². The van der Waals surface area contributed by atoms with Crippen molar-refractivity contribution in [3.8, 4) is 28.8 Å². The first kappa shape index (κ1) is 29.8. The van der Waals surface area contributed by atoms with Crippen LogP contribution in [0.25, 0.3) is 17.3 Å². The highest BCUT2D eigenvalue weighted by Crippen LogP contribution is 2.40. The Morgan fingerprint density at radius 3 is 2.33 bits per heavy atom. The fourth-order valence-electron chi connectivity index (χ4n) is 4.16. The minimum absolute atomic E-state index is 0.0300. The summed E-state index contributed by atoms with van der Waals surface area (Å²) in [5, 5.41) is 20.2. The molecular weight excluding hydrogens is 571 g/mol. The number of aryl methyl sites for hydroxylation is 1. The summed E-state index contributed by atoms with van der Waals surface area (Å²) >= 11 is 1.29. The minimum atomic E-state index is -4.20. The van der Waals surface area contributed by atoms with E-state index in [9.17, 15) is 13.5 Å². The van der Waals surface area contributed by atoms with Gasteiger partial charge in [-0.3, -0.25) is 4.57 Å². The molecule has 0 saturated heterocycles. The third kappa shape index (κ3) is 5.94. The second kappa shape index (κ2) is 11.7. The molecule has 0 unspecified atom stereocenters. The topological polar surface area (TPSA) is 133 Å². The smallest absolute Gasteiger partial charge is 0.246 e. The molecule has 0 radical (unpaired) electrons. The fourth-order valence-corrected chi connectivity index (χ4v) is 7.36. The fraction of sp³-hybridized carbons (Fsp3) is 0.423. The lowest BCUT2D eigenvalue weighted by Crippen LogP contribution is -2.44. The van der Waals surface area contributed by atoms with E-state index in [0.717, 1.165) is 0 Å². The van der Waals surface area contributed by atoms with E-state index < -0.39 is 29.5 Å². The molecule has 0 saturated carbocycles. The number of hydrogen-bond acceptors (Lipinski definition) is 10. The summed E-state index contributed by atoms with van der Waals surface area (Å²) in [4.78, 5) is 4.14. The SMILES string of the molecule is COc1cccc(OC)c1-n1c(-c2ccc(C)o2)nnc1N(CC[Si-](C)(C)C)S(=O)(=O)[C@H](C)[C@H](O)c1cscn1. The van der Waals surface area contributed by atoms with Crippen molar-refractivity contribution in [2.24, 2.45) is 0 Å². The van der Waals surface area contributed by atoms with Gasteiger partial charge >= 0.3 is 0 Å². The number of rotatable bonds is 12. The molecule has 4 rings (SSSR count). The molecule has 0 aliphatic carbocycles. The van der Waals surface area contributed by atoms with Crippen LogP contribution in [0, 0.1) is 6.92 Å². The zero-order chi connectivity index (χ0) is 29.2. The standard InChI is InChI=1S/C26H35N5O6S2Si/c1-17-11-12-22(37-17)25-28-29-26(31(25)23-20(35-3)9-8-10-21(23)36-4)30(13-14-40(5,6)7)39(33,34)18(2)24(32)19-15-38-16-27-19/h8-12,15-16,18,24,32H,13-14H2,1-7H3/q-1/t18-,24+/m1/s1. The van der Waals surface area contributed by atoms with Gasteiger partial charge in [-0.2, -0.15) is 19.6 Å². The Balaban J connectivity index is 1.98. The first-order chi connectivity index (χ1) is 18.9. The maximum absolute atomic E-state index is 14.3. The van der Waals surface area contributed by atoms with Gasteiger partial charge in [-0.15, -0.1) is 35.7 Å². The molecule has 3 heterocycles. The van der Waals surface area contributed by atoms with Crippen molar-refractivity contribution < 1.29 is 27.4 Å². The molecule has 0 fully saturated rings. The van der Waals surface area contributed by atoms with Gasteiger partial charge in [0.05, 0.1) is 25.4 Å². The molecule has 0 aliphatic heterocycles. The van der Waals surface area contributed by atoms with E-state index in [2.05, 4.69) is 34.8 Å². The van der Waals surface area contributed by atoms with Gasteiger partial charge in [0.15, 0.2) is 5.76 Å². The van der Waals surface area contributed by atoms with Crippen molar-refractivity contribution in [1.29, 1.82) is 0 Å². The Hall–Kier alpha value is -3.20. The summed E-state index contributed by atoms with van der Waals surface area (Å²) < 4.78 is 48.7. The van der Waals surface area contributed by atoms with Gasteiger partial charge < -0.3 is 19.0 Å². The Morgan fingerprint density at radius 1 is 1.12 bits per heavy atom. The number of aliphatic hydroxyl groups is 1. The number of benzene rings is 1. The first-order valence-corrected chi connectivity index (χ1v) is 18.9.